The zero-order valence-electron chi connectivity index (χ0n) is 11.3. The van der Waals surface area contributed by atoms with Gasteiger partial charge in [0, 0.05) is 19.1 Å². The van der Waals surface area contributed by atoms with Crippen LogP contribution in [0, 0.1) is 0 Å². The Hall–Kier alpha value is -1.29. The first-order valence-corrected chi connectivity index (χ1v) is 6.24. The minimum atomic E-state index is 0.388. The van der Waals surface area contributed by atoms with Crippen molar-refractivity contribution in [3.05, 3.63) is 18.2 Å². The van der Waals surface area contributed by atoms with Gasteiger partial charge in [0.25, 0.3) is 0 Å². The number of pyridine rings is 1. The van der Waals surface area contributed by atoms with Crippen LogP contribution in [0.15, 0.2) is 18.2 Å². The van der Waals surface area contributed by atoms with Crippen LogP contribution in [0.5, 0.6) is 0 Å². The lowest BCUT2D eigenvalue weighted by molar-refractivity contribution is 0.392. The highest BCUT2D eigenvalue weighted by Gasteiger charge is 2.04. The molecule has 96 valence electrons. The van der Waals surface area contributed by atoms with Crippen LogP contribution in [0.1, 0.15) is 20.3 Å². The lowest BCUT2D eigenvalue weighted by Crippen LogP contribution is -2.29. The Bertz CT molecular complexity index is 325. The zero-order valence-corrected chi connectivity index (χ0v) is 11.3. The molecule has 0 spiro atoms. The molecule has 0 aromatic carbocycles. The maximum absolute atomic E-state index is 4.52. The molecule has 2 N–H and O–H groups in total. The van der Waals surface area contributed by atoms with Gasteiger partial charge in [0.1, 0.15) is 11.6 Å². The van der Waals surface area contributed by atoms with E-state index >= 15 is 0 Å². The quantitative estimate of drug-likeness (QED) is 0.762. The second-order valence-electron chi connectivity index (χ2n) is 4.64. The Kier molecular flexibility index (Phi) is 5.77. The summed E-state index contributed by atoms with van der Waals surface area (Å²) in [5.41, 5.74) is 0. The molecule has 0 radical (unpaired) electrons. The number of hydrogen-bond donors (Lipinski definition) is 2. The van der Waals surface area contributed by atoms with Crippen LogP contribution in [-0.2, 0) is 0 Å². The molecule has 0 fully saturated rings. The molecule has 0 saturated carbocycles. The van der Waals surface area contributed by atoms with E-state index in [4.69, 9.17) is 0 Å². The molecule has 1 atom stereocenters. The Morgan fingerprint density at radius 2 is 2.00 bits per heavy atom. The van der Waals surface area contributed by atoms with Crippen LogP contribution in [0.25, 0.3) is 0 Å². The van der Waals surface area contributed by atoms with E-state index in [9.17, 15) is 0 Å². The molecule has 17 heavy (non-hydrogen) atoms. The zero-order chi connectivity index (χ0) is 12.7. The lowest BCUT2D eigenvalue weighted by Gasteiger charge is -2.19. The molecule has 1 heterocycles. The van der Waals surface area contributed by atoms with Gasteiger partial charge in [-0.15, -0.1) is 0 Å². The maximum atomic E-state index is 4.52. The van der Waals surface area contributed by atoms with Gasteiger partial charge in [-0.2, -0.15) is 0 Å². The Morgan fingerprint density at radius 3 is 2.65 bits per heavy atom. The fourth-order valence-corrected chi connectivity index (χ4v) is 1.71. The summed E-state index contributed by atoms with van der Waals surface area (Å²) < 4.78 is 0. The Labute approximate surface area is 104 Å². The first-order valence-electron chi connectivity index (χ1n) is 6.24. The highest BCUT2D eigenvalue weighted by molar-refractivity contribution is 5.45. The van der Waals surface area contributed by atoms with Gasteiger partial charge in [-0.25, -0.2) is 4.98 Å². The summed E-state index contributed by atoms with van der Waals surface area (Å²) in [4.78, 5) is 6.68. The van der Waals surface area contributed by atoms with Crippen molar-refractivity contribution in [2.24, 2.45) is 0 Å². The van der Waals surface area contributed by atoms with Crippen molar-refractivity contribution in [1.82, 2.24) is 9.88 Å². The smallest absolute Gasteiger partial charge is 0.128 e. The number of nitrogens with one attached hydrogen (secondary N) is 2. The summed E-state index contributed by atoms with van der Waals surface area (Å²) in [6.07, 6.45) is 1.11. The summed E-state index contributed by atoms with van der Waals surface area (Å²) in [5.74, 6) is 1.87. The van der Waals surface area contributed by atoms with Gasteiger partial charge >= 0.3 is 0 Å². The number of rotatable bonds is 7. The monoisotopic (exact) mass is 236 g/mol. The third-order valence-electron chi connectivity index (χ3n) is 2.34. The SMILES string of the molecule is CCCNc1cccc(NC(C)CN(C)C)n1. The molecule has 1 rings (SSSR count). The van der Waals surface area contributed by atoms with Crippen molar-refractivity contribution in [3.8, 4) is 0 Å². The third-order valence-corrected chi connectivity index (χ3v) is 2.34. The first kappa shape index (κ1) is 13.8. The van der Waals surface area contributed by atoms with Gasteiger partial charge in [-0.1, -0.05) is 13.0 Å². The number of nitrogens with zero attached hydrogens (tertiary/aromatic N) is 2. The summed E-state index contributed by atoms with van der Waals surface area (Å²) in [6, 6.07) is 6.41. The average Bonchev–Trinajstić information content (AvgIpc) is 2.25. The van der Waals surface area contributed by atoms with Crippen molar-refractivity contribution >= 4 is 11.6 Å². The van der Waals surface area contributed by atoms with Crippen LogP contribution >= 0.6 is 0 Å². The van der Waals surface area contributed by atoms with Gasteiger partial charge in [-0.05, 0) is 39.6 Å². The standard InChI is InChI=1S/C13H24N4/c1-5-9-14-12-7-6-8-13(16-12)15-11(2)10-17(3)4/h6-8,11H,5,9-10H2,1-4H3,(H2,14,15,16). The van der Waals surface area contributed by atoms with Crippen LogP contribution < -0.4 is 10.6 Å². The molecule has 4 heteroatoms. The largest absolute Gasteiger partial charge is 0.370 e. The van der Waals surface area contributed by atoms with Crippen LogP contribution in [0.3, 0.4) is 0 Å². The van der Waals surface area contributed by atoms with Gasteiger partial charge in [0.05, 0.1) is 0 Å². The van der Waals surface area contributed by atoms with E-state index in [-0.39, 0.29) is 0 Å². The van der Waals surface area contributed by atoms with Crippen molar-refractivity contribution in [2.45, 2.75) is 26.3 Å². The highest BCUT2D eigenvalue weighted by atomic mass is 15.1. The minimum absolute atomic E-state index is 0.388. The number of likely N-dealkylation sites (N-methyl/N-ethyl adjacent to an activating group) is 1. The van der Waals surface area contributed by atoms with E-state index < -0.39 is 0 Å². The highest BCUT2D eigenvalue weighted by Crippen LogP contribution is 2.10. The fourth-order valence-electron chi connectivity index (χ4n) is 1.71. The number of anilines is 2. The normalized spacial score (nSPS) is 12.5. The molecule has 0 saturated heterocycles. The fraction of sp³-hybridized carbons (Fsp3) is 0.615. The molecular weight excluding hydrogens is 212 g/mol. The predicted octanol–water partition coefficient (Wildman–Crippen LogP) is 2.27. The summed E-state index contributed by atoms with van der Waals surface area (Å²) in [6.45, 7) is 6.26. The molecule has 4 nitrogen and oxygen atoms in total. The predicted molar refractivity (Wildman–Crippen MR) is 74.7 cm³/mol. The van der Waals surface area contributed by atoms with E-state index in [1.807, 2.05) is 18.2 Å². The second-order valence-corrected chi connectivity index (χ2v) is 4.64. The average molecular weight is 236 g/mol. The van der Waals surface area contributed by atoms with E-state index in [2.05, 4.69) is 48.5 Å². The molecule has 0 aliphatic heterocycles. The molecule has 1 unspecified atom stereocenters. The molecule has 1 aromatic heterocycles. The van der Waals surface area contributed by atoms with Gasteiger partial charge in [-0.3, -0.25) is 0 Å². The molecule has 0 bridgehead atoms. The maximum Gasteiger partial charge on any atom is 0.128 e. The number of aromatic nitrogens is 1. The lowest BCUT2D eigenvalue weighted by atomic mass is 10.3. The van der Waals surface area contributed by atoms with Crippen molar-refractivity contribution in [1.29, 1.82) is 0 Å². The number of hydrogen-bond acceptors (Lipinski definition) is 4. The summed E-state index contributed by atoms with van der Waals surface area (Å²) in [7, 11) is 4.15. The first-order chi connectivity index (χ1) is 8.11. The second kappa shape index (κ2) is 7.12. The molecule has 0 amide bonds. The van der Waals surface area contributed by atoms with E-state index in [1.165, 1.54) is 0 Å². The molecule has 0 aliphatic rings. The minimum Gasteiger partial charge on any atom is -0.370 e. The summed E-state index contributed by atoms with van der Waals surface area (Å²) >= 11 is 0. The summed E-state index contributed by atoms with van der Waals surface area (Å²) in [5, 5.41) is 6.68. The Morgan fingerprint density at radius 1 is 1.29 bits per heavy atom. The van der Waals surface area contributed by atoms with E-state index in [0.29, 0.717) is 6.04 Å². The van der Waals surface area contributed by atoms with Gasteiger partial charge in [0.15, 0.2) is 0 Å². The van der Waals surface area contributed by atoms with E-state index in [1.54, 1.807) is 0 Å². The molecule has 1 aromatic rings. The molecular formula is C13H24N4. The molecule has 0 aliphatic carbocycles. The van der Waals surface area contributed by atoms with Crippen LogP contribution in [-0.4, -0.2) is 43.1 Å². The topological polar surface area (TPSA) is 40.2 Å². The van der Waals surface area contributed by atoms with Crippen LogP contribution in [0.4, 0.5) is 11.6 Å². The van der Waals surface area contributed by atoms with Gasteiger partial charge < -0.3 is 15.5 Å². The van der Waals surface area contributed by atoms with Crippen molar-refractivity contribution < 1.29 is 0 Å². The van der Waals surface area contributed by atoms with E-state index in [0.717, 1.165) is 31.1 Å². The van der Waals surface area contributed by atoms with Crippen molar-refractivity contribution in [2.75, 3.05) is 37.8 Å². The van der Waals surface area contributed by atoms with Gasteiger partial charge in [0.2, 0.25) is 0 Å². The van der Waals surface area contributed by atoms with Crippen molar-refractivity contribution in [3.63, 3.8) is 0 Å². The van der Waals surface area contributed by atoms with Crippen LogP contribution in [0.2, 0.25) is 0 Å². The Balaban J connectivity index is 2.52. The third kappa shape index (κ3) is 5.54.